The lowest BCUT2D eigenvalue weighted by Crippen LogP contribution is -2.57. The Balaban J connectivity index is 2.76. The SMILES string of the molecule is CC(N)(CO)CC1(NC(=O)OC(C)(C)C)CCCCC1. The molecular formula is C15H30N2O3. The molecule has 0 saturated heterocycles. The highest BCUT2D eigenvalue weighted by atomic mass is 16.6. The molecule has 1 fully saturated rings. The van der Waals surface area contributed by atoms with Gasteiger partial charge in [0.2, 0.25) is 0 Å². The number of amides is 1. The second-order valence-corrected chi connectivity index (χ2v) is 7.46. The molecule has 118 valence electrons. The minimum atomic E-state index is -0.688. The van der Waals surface area contributed by atoms with Gasteiger partial charge in [-0.15, -0.1) is 0 Å². The standard InChI is InChI=1S/C15H30N2O3/c1-13(2,3)20-12(19)17-15(8-6-5-7-9-15)10-14(4,16)11-18/h18H,5-11,16H2,1-4H3,(H,17,19). The number of aliphatic hydroxyl groups excluding tert-OH is 1. The molecule has 5 heteroatoms. The van der Waals surface area contributed by atoms with Gasteiger partial charge in [-0.2, -0.15) is 0 Å². The molecular weight excluding hydrogens is 256 g/mol. The quantitative estimate of drug-likeness (QED) is 0.740. The molecule has 0 aromatic rings. The van der Waals surface area contributed by atoms with Crippen molar-refractivity contribution in [2.75, 3.05) is 6.61 Å². The van der Waals surface area contributed by atoms with Crippen LogP contribution < -0.4 is 11.1 Å². The van der Waals surface area contributed by atoms with Gasteiger partial charge in [-0.25, -0.2) is 4.79 Å². The summed E-state index contributed by atoms with van der Waals surface area (Å²) in [5, 5.41) is 12.4. The zero-order chi connectivity index (χ0) is 15.4. The molecule has 1 aliphatic carbocycles. The van der Waals surface area contributed by atoms with Crippen LogP contribution in [0.4, 0.5) is 4.79 Å². The van der Waals surface area contributed by atoms with Crippen molar-refractivity contribution in [3.8, 4) is 0 Å². The van der Waals surface area contributed by atoms with Gasteiger partial charge < -0.3 is 20.9 Å². The van der Waals surface area contributed by atoms with E-state index in [2.05, 4.69) is 5.32 Å². The van der Waals surface area contributed by atoms with Crippen molar-refractivity contribution in [3.05, 3.63) is 0 Å². The molecule has 1 unspecified atom stereocenters. The highest BCUT2D eigenvalue weighted by molar-refractivity contribution is 5.68. The van der Waals surface area contributed by atoms with Gasteiger partial charge in [-0.05, 0) is 47.0 Å². The van der Waals surface area contributed by atoms with E-state index in [4.69, 9.17) is 10.5 Å². The fraction of sp³-hybridized carbons (Fsp3) is 0.933. The van der Waals surface area contributed by atoms with Crippen LogP contribution in [-0.2, 0) is 4.74 Å². The highest BCUT2D eigenvalue weighted by Gasteiger charge is 2.39. The number of hydrogen-bond acceptors (Lipinski definition) is 4. The van der Waals surface area contributed by atoms with Gasteiger partial charge in [0.05, 0.1) is 6.61 Å². The van der Waals surface area contributed by atoms with Crippen LogP contribution in [0.2, 0.25) is 0 Å². The average Bonchev–Trinajstić information content (AvgIpc) is 2.26. The third kappa shape index (κ3) is 5.67. The Labute approximate surface area is 122 Å². The van der Waals surface area contributed by atoms with E-state index in [1.54, 1.807) is 0 Å². The first-order chi connectivity index (χ1) is 9.08. The fourth-order valence-electron chi connectivity index (χ4n) is 2.92. The van der Waals surface area contributed by atoms with E-state index < -0.39 is 17.2 Å². The Kier molecular flexibility index (Phi) is 5.44. The minimum Gasteiger partial charge on any atom is -0.444 e. The number of hydrogen-bond donors (Lipinski definition) is 3. The van der Waals surface area contributed by atoms with Gasteiger partial charge in [-0.1, -0.05) is 19.3 Å². The van der Waals surface area contributed by atoms with Crippen molar-refractivity contribution in [2.45, 2.75) is 82.9 Å². The van der Waals surface area contributed by atoms with E-state index in [0.29, 0.717) is 6.42 Å². The smallest absolute Gasteiger partial charge is 0.408 e. The maximum atomic E-state index is 12.1. The van der Waals surface area contributed by atoms with Crippen LogP contribution in [0, 0.1) is 0 Å². The second kappa shape index (κ2) is 6.31. The summed E-state index contributed by atoms with van der Waals surface area (Å²) in [7, 11) is 0. The summed E-state index contributed by atoms with van der Waals surface area (Å²) < 4.78 is 5.36. The third-order valence-electron chi connectivity index (χ3n) is 3.68. The van der Waals surface area contributed by atoms with Crippen molar-refractivity contribution >= 4 is 6.09 Å². The van der Waals surface area contributed by atoms with E-state index >= 15 is 0 Å². The van der Waals surface area contributed by atoms with Crippen LogP contribution in [-0.4, -0.2) is 34.5 Å². The number of carbonyl (C=O) groups excluding carboxylic acids is 1. The summed E-state index contributed by atoms with van der Waals surface area (Å²) in [6.45, 7) is 7.27. The van der Waals surface area contributed by atoms with Gasteiger partial charge in [0.1, 0.15) is 5.60 Å². The van der Waals surface area contributed by atoms with E-state index in [0.717, 1.165) is 25.7 Å². The predicted molar refractivity (Wildman–Crippen MR) is 79.5 cm³/mol. The van der Waals surface area contributed by atoms with E-state index in [1.807, 2.05) is 27.7 Å². The molecule has 0 aromatic carbocycles. The van der Waals surface area contributed by atoms with Crippen molar-refractivity contribution < 1.29 is 14.6 Å². The topological polar surface area (TPSA) is 84.6 Å². The molecule has 0 bridgehead atoms. The molecule has 1 atom stereocenters. The average molecular weight is 286 g/mol. The first kappa shape index (κ1) is 17.2. The molecule has 1 saturated carbocycles. The summed E-state index contributed by atoms with van der Waals surface area (Å²) in [6.07, 6.45) is 5.26. The monoisotopic (exact) mass is 286 g/mol. The zero-order valence-electron chi connectivity index (χ0n) is 13.3. The number of carbonyl (C=O) groups is 1. The summed E-state index contributed by atoms with van der Waals surface area (Å²) in [5.41, 5.74) is 4.54. The van der Waals surface area contributed by atoms with E-state index in [-0.39, 0.29) is 12.1 Å². The number of ether oxygens (including phenoxy) is 1. The molecule has 1 aliphatic rings. The minimum absolute atomic E-state index is 0.0925. The first-order valence-electron chi connectivity index (χ1n) is 7.49. The van der Waals surface area contributed by atoms with Gasteiger partial charge in [0.15, 0.2) is 0 Å². The maximum absolute atomic E-state index is 12.1. The fourth-order valence-corrected chi connectivity index (χ4v) is 2.92. The highest BCUT2D eigenvalue weighted by Crippen LogP contribution is 2.34. The third-order valence-corrected chi connectivity index (χ3v) is 3.68. The van der Waals surface area contributed by atoms with Crippen molar-refractivity contribution in [1.82, 2.24) is 5.32 Å². The Morgan fingerprint density at radius 3 is 2.25 bits per heavy atom. The number of alkyl carbamates (subject to hydrolysis) is 1. The van der Waals surface area contributed by atoms with Crippen LogP contribution in [0.1, 0.15) is 66.2 Å². The van der Waals surface area contributed by atoms with E-state index in [1.165, 1.54) is 6.42 Å². The number of aliphatic hydroxyl groups is 1. The van der Waals surface area contributed by atoms with Crippen LogP contribution in [0.5, 0.6) is 0 Å². The van der Waals surface area contributed by atoms with Gasteiger partial charge in [0, 0.05) is 11.1 Å². The normalized spacial score (nSPS) is 21.9. The molecule has 0 aliphatic heterocycles. The van der Waals surface area contributed by atoms with Gasteiger partial charge in [0.25, 0.3) is 0 Å². The summed E-state index contributed by atoms with van der Waals surface area (Å²) >= 11 is 0. The van der Waals surface area contributed by atoms with Crippen LogP contribution >= 0.6 is 0 Å². The molecule has 20 heavy (non-hydrogen) atoms. The Hall–Kier alpha value is -0.810. The van der Waals surface area contributed by atoms with Crippen LogP contribution in [0.3, 0.4) is 0 Å². The Morgan fingerprint density at radius 2 is 1.80 bits per heavy atom. The first-order valence-corrected chi connectivity index (χ1v) is 7.49. The van der Waals surface area contributed by atoms with Gasteiger partial charge in [-0.3, -0.25) is 0 Å². The summed E-state index contributed by atoms with van der Waals surface area (Å²) in [5.74, 6) is 0. The molecule has 4 N–H and O–H groups in total. The lowest BCUT2D eigenvalue weighted by Gasteiger charge is -2.42. The van der Waals surface area contributed by atoms with Gasteiger partial charge >= 0.3 is 6.09 Å². The van der Waals surface area contributed by atoms with Crippen LogP contribution in [0.15, 0.2) is 0 Å². The number of nitrogens with two attached hydrogens (primary N) is 1. The lowest BCUT2D eigenvalue weighted by atomic mass is 9.74. The number of nitrogens with one attached hydrogen (secondary N) is 1. The Bertz CT molecular complexity index is 329. The van der Waals surface area contributed by atoms with Crippen molar-refractivity contribution in [2.24, 2.45) is 5.73 Å². The molecule has 1 amide bonds. The van der Waals surface area contributed by atoms with Crippen molar-refractivity contribution in [1.29, 1.82) is 0 Å². The summed E-state index contributed by atoms with van der Waals surface area (Å²) in [4.78, 5) is 12.1. The Morgan fingerprint density at radius 1 is 1.25 bits per heavy atom. The summed E-state index contributed by atoms with van der Waals surface area (Å²) in [6, 6.07) is 0. The van der Waals surface area contributed by atoms with E-state index in [9.17, 15) is 9.90 Å². The molecule has 0 aromatic heterocycles. The molecule has 0 radical (unpaired) electrons. The molecule has 1 rings (SSSR count). The lowest BCUT2D eigenvalue weighted by molar-refractivity contribution is 0.0375. The van der Waals surface area contributed by atoms with Crippen molar-refractivity contribution in [3.63, 3.8) is 0 Å². The molecule has 0 spiro atoms. The molecule has 0 heterocycles. The predicted octanol–water partition coefficient (Wildman–Crippen LogP) is 2.31. The largest absolute Gasteiger partial charge is 0.444 e. The zero-order valence-corrected chi connectivity index (χ0v) is 13.3. The second-order valence-electron chi connectivity index (χ2n) is 7.46. The molecule has 5 nitrogen and oxygen atoms in total. The maximum Gasteiger partial charge on any atom is 0.408 e. The van der Waals surface area contributed by atoms with Crippen LogP contribution in [0.25, 0.3) is 0 Å². The number of rotatable bonds is 4.